The minimum absolute atomic E-state index is 0.161. The quantitative estimate of drug-likeness (QED) is 0.927. The second-order valence-corrected chi connectivity index (χ2v) is 6.71. The Kier molecular flexibility index (Phi) is 5.64. The number of likely N-dealkylation sites (tertiary alicyclic amines) is 1. The highest BCUT2D eigenvalue weighted by molar-refractivity contribution is 5.94. The van der Waals surface area contributed by atoms with Crippen molar-refractivity contribution < 1.29 is 4.79 Å². The molecule has 0 aromatic carbocycles. The number of H-pyrrole nitrogens is 1. The first-order valence-electron chi connectivity index (χ1n) is 9.13. The summed E-state index contributed by atoms with van der Waals surface area (Å²) in [6.07, 6.45) is 7.31. The second-order valence-electron chi connectivity index (χ2n) is 6.71. The number of aromatic nitrogens is 2. The zero-order chi connectivity index (χ0) is 17.6. The van der Waals surface area contributed by atoms with E-state index in [2.05, 4.69) is 16.9 Å². The van der Waals surface area contributed by atoms with Crippen molar-refractivity contribution in [1.82, 2.24) is 14.9 Å². The summed E-state index contributed by atoms with van der Waals surface area (Å²) in [5.74, 6) is 0.540. The van der Waals surface area contributed by atoms with Crippen molar-refractivity contribution in [2.24, 2.45) is 5.92 Å². The standard InChI is InChI=1S/C20H25N3O2/c1-2-6-15-7-5-13-23(14-11-15)20(25)16-9-10-18(22-19(16)24)17-8-3-4-12-21-17/h3-4,8-10,12,15H,2,5-7,11,13-14H2,1H3,(H,22,24)/t15-/m0/s1. The first kappa shape index (κ1) is 17.4. The number of rotatable bonds is 4. The Morgan fingerprint density at radius 1 is 1.24 bits per heavy atom. The van der Waals surface area contributed by atoms with Crippen molar-refractivity contribution in [3.8, 4) is 11.4 Å². The van der Waals surface area contributed by atoms with Gasteiger partial charge < -0.3 is 9.88 Å². The molecule has 0 spiro atoms. The molecular weight excluding hydrogens is 314 g/mol. The monoisotopic (exact) mass is 339 g/mol. The second kappa shape index (κ2) is 8.10. The van der Waals surface area contributed by atoms with E-state index in [1.54, 1.807) is 18.3 Å². The molecular formula is C20H25N3O2. The van der Waals surface area contributed by atoms with Gasteiger partial charge in [0.25, 0.3) is 11.5 Å². The highest BCUT2D eigenvalue weighted by atomic mass is 16.2. The molecule has 0 aliphatic carbocycles. The number of pyridine rings is 2. The molecule has 1 fully saturated rings. The molecule has 2 aromatic heterocycles. The van der Waals surface area contributed by atoms with E-state index in [-0.39, 0.29) is 17.0 Å². The van der Waals surface area contributed by atoms with Gasteiger partial charge in [0.2, 0.25) is 0 Å². The largest absolute Gasteiger partial charge is 0.338 e. The topological polar surface area (TPSA) is 66.1 Å². The number of hydrogen-bond acceptors (Lipinski definition) is 3. The van der Waals surface area contributed by atoms with Gasteiger partial charge in [-0.05, 0) is 49.4 Å². The van der Waals surface area contributed by atoms with Crippen molar-refractivity contribution >= 4 is 5.91 Å². The predicted molar refractivity (Wildman–Crippen MR) is 98.4 cm³/mol. The van der Waals surface area contributed by atoms with E-state index < -0.39 is 0 Å². The summed E-state index contributed by atoms with van der Waals surface area (Å²) in [5, 5.41) is 0. The Morgan fingerprint density at radius 3 is 2.84 bits per heavy atom. The third kappa shape index (κ3) is 4.16. The first-order chi connectivity index (χ1) is 12.2. The van der Waals surface area contributed by atoms with Crippen LogP contribution in [0.4, 0.5) is 0 Å². The zero-order valence-electron chi connectivity index (χ0n) is 14.7. The molecule has 0 saturated carbocycles. The molecule has 1 atom stereocenters. The number of nitrogens with one attached hydrogen (secondary N) is 1. The van der Waals surface area contributed by atoms with Crippen molar-refractivity contribution in [1.29, 1.82) is 0 Å². The highest BCUT2D eigenvalue weighted by Crippen LogP contribution is 2.22. The van der Waals surface area contributed by atoms with Crippen LogP contribution in [0.25, 0.3) is 11.4 Å². The van der Waals surface area contributed by atoms with Gasteiger partial charge >= 0.3 is 0 Å². The number of carbonyl (C=O) groups is 1. The van der Waals surface area contributed by atoms with Crippen LogP contribution in [0.1, 0.15) is 49.4 Å². The fourth-order valence-corrected chi connectivity index (χ4v) is 3.55. The Balaban J connectivity index is 1.75. The SMILES string of the molecule is CCC[C@H]1CCCN(C(=O)c2ccc(-c3ccccn3)[nH]c2=O)CC1. The number of nitrogens with zero attached hydrogens (tertiary/aromatic N) is 2. The zero-order valence-corrected chi connectivity index (χ0v) is 14.7. The van der Waals surface area contributed by atoms with Gasteiger partial charge in [-0.3, -0.25) is 14.6 Å². The molecule has 2 aromatic rings. The van der Waals surface area contributed by atoms with E-state index in [9.17, 15) is 9.59 Å². The summed E-state index contributed by atoms with van der Waals surface area (Å²) >= 11 is 0. The van der Waals surface area contributed by atoms with Crippen LogP contribution < -0.4 is 5.56 Å². The van der Waals surface area contributed by atoms with E-state index in [4.69, 9.17) is 0 Å². The van der Waals surface area contributed by atoms with Gasteiger partial charge in [0.15, 0.2) is 0 Å². The molecule has 1 saturated heterocycles. The Labute approximate surface area is 148 Å². The van der Waals surface area contributed by atoms with E-state index in [1.807, 2.05) is 23.1 Å². The van der Waals surface area contributed by atoms with E-state index in [0.717, 1.165) is 25.9 Å². The summed E-state index contributed by atoms with van der Waals surface area (Å²) in [7, 11) is 0. The summed E-state index contributed by atoms with van der Waals surface area (Å²) in [4.78, 5) is 34.0. The summed E-state index contributed by atoms with van der Waals surface area (Å²) < 4.78 is 0. The number of hydrogen-bond donors (Lipinski definition) is 1. The molecule has 3 rings (SSSR count). The van der Waals surface area contributed by atoms with Gasteiger partial charge in [0.05, 0.1) is 11.4 Å². The number of carbonyl (C=O) groups excluding carboxylic acids is 1. The van der Waals surface area contributed by atoms with Crippen molar-refractivity contribution in [2.45, 2.75) is 39.0 Å². The van der Waals surface area contributed by atoms with Gasteiger partial charge in [-0.2, -0.15) is 0 Å². The highest BCUT2D eigenvalue weighted by Gasteiger charge is 2.23. The molecule has 1 aliphatic rings. The van der Waals surface area contributed by atoms with Gasteiger partial charge in [0.1, 0.15) is 5.56 Å². The van der Waals surface area contributed by atoms with Crippen molar-refractivity contribution in [3.05, 3.63) is 52.4 Å². The first-order valence-corrected chi connectivity index (χ1v) is 9.13. The Morgan fingerprint density at radius 2 is 2.12 bits per heavy atom. The summed E-state index contributed by atoms with van der Waals surface area (Å²) in [6.45, 7) is 3.68. The van der Waals surface area contributed by atoms with Gasteiger partial charge in [-0.25, -0.2) is 0 Å². The molecule has 1 amide bonds. The Bertz CT molecular complexity index is 770. The number of amides is 1. The molecule has 5 nitrogen and oxygen atoms in total. The van der Waals surface area contributed by atoms with Crippen LogP contribution in [0.2, 0.25) is 0 Å². The predicted octanol–water partition coefficient (Wildman–Crippen LogP) is 3.48. The van der Waals surface area contributed by atoms with Gasteiger partial charge in [-0.15, -0.1) is 0 Å². The van der Waals surface area contributed by atoms with Crippen molar-refractivity contribution in [3.63, 3.8) is 0 Å². The van der Waals surface area contributed by atoms with Crippen LogP contribution in [0.5, 0.6) is 0 Å². The molecule has 5 heteroatoms. The van der Waals surface area contributed by atoms with Crippen LogP contribution in [0, 0.1) is 5.92 Å². The minimum atomic E-state index is -0.345. The lowest BCUT2D eigenvalue weighted by molar-refractivity contribution is 0.0758. The lowest BCUT2D eigenvalue weighted by Gasteiger charge is -2.20. The Hall–Kier alpha value is -2.43. The van der Waals surface area contributed by atoms with Gasteiger partial charge in [-0.1, -0.05) is 25.8 Å². The molecule has 1 N–H and O–H groups in total. The van der Waals surface area contributed by atoms with E-state index in [1.165, 1.54) is 19.3 Å². The van der Waals surface area contributed by atoms with Crippen LogP contribution in [0.3, 0.4) is 0 Å². The summed E-state index contributed by atoms with van der Waals surface area (Å²) in [5.41, 5.74) is 1.19. The van der Waals surface area contributed by atoms with Crippen LogP contribution in [0.15, 0.2) is 41.3 Å². The van der Waals surface area contributed by atoms with Crippen LogP contribution in [-0.4, -0.2) is 33.9 Å². The summed E-state index contributed by atoms with van der Waals surface area (Å²) in [6, 6.07) is 8.90. The average molecular weight is 339 g/mol. The molecule has 0 unspecified atom stereocenters. The smallest absolute Gasteiger partial charge is 0.261 e. The molecule has 25 heavy (non-hydrogen) atoms. The number of aromatic amines is 1. The molecule has 132 valence electrons. The molecule has 0 bridgehead atoms. The lowest BCUT2D eigenvalue weighted by Crippen LogP contribution is -2.35. The maximum atomic E-state index is 12.8. The molecule has 0 radical (unpaired) electrons. The normalized spacial score (nSPS) is 18.0. The van der Waals surface area contributed by atoms with Gasteiger partial charge in [0, 0.05) is 19.3 Å². The molecule has 3 heterocycles. The third-order valence-corrected chi connectivity index (χ3v) is 4.91. The van der Waals surface area contributed by atoms with E-state index >= 15 is 0 Å². The average Bonchev–Trinajstić information content (AvgIpc) is 2.88. The maximum Gasteiger partial charge on any atom is 0.261 e. The van der Waals surface area contributed by atoms with Crippen LogP contribution in [-0.2, 0) is 0 Å². The third-order valence-electron chi connectivity index (χ3n) is 4.91. The minimum Gasteiger partial charge on any atom is -0.338 e. The van der Waals surface area contributed by atoms with E-state index in [0.29, 0.717) is 17.3 Å². The maximum absolute atomic E-state index is 12.8. The molecule has 1 aliphatic heterocycles. The fraction of sp³-hybridized carbons (Fsp3) is 0.450. The lowest BCUT2D eigenvalue weighted by atomic mass is 9.96. The van der Waals surface area contributed by atoms with Crippen molar-refractivity contribution in [2.75, 3.05) is 13.1 Å². The van der Waals surface area contributed by atoms with Crippen LogP contribution >= 0.6 is 0 Å². The fourth-order valence-electron chi connectivity index (χ4n) is 3.55.